The Labute approximate surface area is 133 Å². The average Bonchev–Trinajstić information content (AvgIpc) is 3.24. The molecule has 0 amide bonds. The smallest absolute Gasteiger partial charge is 0.0877 e. The quantitative estimate of drug-likeness (QED) is 0.804. The lowest BCUT2D eigenvalue weighted by Gasteiger charge is -2.10. The molecular weight excluding hydrogens is 326 g/mol. The van der Waals surface area contributed by atoms with E-state index in [1.54, 1.807) is 0 Å². The van der Waals surface area contributed by atoms with Crippen LogP contribution in [0.3, 0.4) is 0 Å². The third kappa shape index (κ3) is 3.02. The molecule has 3 rings (SSSR count). The van der Waals surface area contributed by atoms with Crippen molar-refractivity contribution in [3.8, 4) is 6.07 Å². The van der Waals surface area contributed by atoms with Crippen LogP contribution in [0.15, 0.2) is 59.1 Å². The summed E-state index contributed by atoms with van der Waals surface area (Å²) in [5, 5.41) is 9.55. The summed E-state index contributed by atoms with van der Waals surface area (Å²) in [6.45, 7) is 1.25. The summed E-state index contributed by atoms with van der Waals surface area (Å²) in [5.41, 5.74) is 1.92. The minimum atomic E-state index is -0.350. The first-order valence-electron chi connectivity index (χ1n) is 7.03. The number of rotatable bonds is 5. The van der Waals surface area contributed by atoms with Crippen molar-refractivity contribution in [3.05, 3.63) is 70.2 Å². The van der Waals surface area contributed by atoms with Crippen LogP contribution >= 0.6 is 15.9 Å². The van der Waals surface area contributed by atoms with Crippen molar-refractivity contribution < 1.29 is 4.74 Å². The molecule has 2 nitrogen and oxygen atoms in total. The van der Waals surface area contributed by atoms with Gasteiger partial charge in [0, 0.05) is 10.4 Å². The van der Waals surface area contributed by atoms with Gasteiger partial charge in [0.25, 0.3) is 0 Å². The number of benzene rings is 2. The lowest BCUT2D eigenvalue weighted by molar-refractivity contribution is 0.108. The normalized spacial score (nSPS) is 23.5. The second kappa shape index (κ2) is 6.01. The van der Waals surface area contributed by atoms with E-state index in [4.69, 9.17) is 4.74 Å². The number of hydrogen-bond donors (Lipinski definition) is 0. The first-order valence-corrected chi connectivity index (χ1v) is 7.83. The zero-order chi connectivity index (χ0) is 14.7. The fraction of sp³-hybridized carbons (Fsp3) is 0.278. The fourth-order valence-corrected chi connectivity index (χ4v) is 2.99. The minimum Gasteiger partial charge on any atom is -0.376 e. The van der Waals surface area contributed by atoms with Crippen molar-refractivity contribution in [2.75, 3.05) is 6.61 Å². The Hall–Kier alpha value is -1.63. The van der Waals surface area contributed by atoms with Gasteiger partial charge < -0.3 is 4.74 Å². The van der Waals surface area contributed by atoms with E-state index in [0.717, 1.165) is 16.5 Å². The van der Waals surface area contributed by atoms with Crippen molar-refractivity contribution in [3.63, 3.8) is 0 Å². The monoisotopic (exact) mass is 341 g/mol. The maximum Gasteiger partial charge on any atom is 0.0877 e. The number of halogens is 1. The van der Waals surface area contributed by atoms with E-state index < -0.39 is 0 Å². The van der Waals surface area contributed by atoms with Crippen molar-refractivity contribution >= 4 is 15.9 Å². The van der Waals surface area contributed by atoms with Crippen molar-refractivity contribution in [1.29, 1.82) is 5.26 Å². The predicted molar refractivity (Wildman–Crippen MR) is 85.6 cm³/mol. The van der Waals surface area contributed by atoms with E-state index in [1.807, 2.05) is 42.5 Å². The maximum atomic E-state index is 9.55. The van der Waals surface area contributed by atoms with Crippen LogP contribution in [0.5, 0.6) is 0 Å². The number of nitrogens with zero attached hydrogens (tertiary/aromatic N) is 1. The number of hydrogen-bond acceptors (Lipinski definition) is 2. The Kier molecular flexibility index (Phi) is 4.10. The highest BCUT2D eigenvalue weighted by molar-refractivity contribution is 9.10. The van der Waals surface area contributed by atoms with Gasteiger partial charge in [-0.05, 0) is 29.7 Å². The second-order valence-electron chi connectivity index (χ2n) is 5.49. The SMILES string of the molecule is N#C[C@]1(c2ccc(Br)cc2)C[C@@H]1COCc1ccccc1. The van der Waals surface area contributed by atoms with Gasteiger partial charge in [-0.25, -0.2) is 0 Å². The molecule has 21 heavy (non-hydrogen) atoms. The van der Waals surface area contributed by atoms with E-state index in [2.05, 4.69) is 34.1 Å². The first kappa shape index (κ1) is 14.3. The second-order valence-corrected chi connectivity index (χ2v) is 6.41. The molecule has 2 aromatic rings. The lowest BCUT2D eigenvalue weighted by Crippen LogP contribution is -2.10. The zero-order valence-electron chi connectivity index (χ0n) is 11.6. The van der Waals surface area contributed by atoms with Gasteiger partial charge in [-0.1, -0.05) is 58.4 Å². The predicted octanol–water partition coefficient (Wildman–Crippen LogP) is 4.45. The first-order chi connectivity index (χ1) is 10.2. The molecule has 0 aromatic heterocycles. The Morgan fingerprint density at radius 2 is 1.86 bits per heavy atom. The third-order valence-electron chi connectivity index (χ3n) is 4.09. The molecule has 0 unspecified atom stereocenters. The van der Waals surface area contributed by atoms with Gasteiger partial charge in [0.15, 0.2) is 0 Å². The van der Waals surface area contributed by atoms with Gasteiger partial charge >= 0.3 is 0 Å². The van der Waals surface area contributed by atoms with Crippen LogP contribution in [0, 0.1) is 17.2 Å². The van der Waals surface area contributed by atoms with E-state index in [-0.39, 0.29) is 5.41 Å². The summed E-state index contributed by atoms with van der Waals surface area (Å²) in [6, 6.07) is 20.7. The molecule has 3 heteroatoms. The molecule has 1 aliphatic rings. The molecule has 0 N–H and O–H groups in total. The highest BCUT2D eigenvalue weighted by atomic mass is 79.9. The molecule has 2 aromatic carbocycles. The van der Waals surface area contributed by atoms with E-state index in [9.17, 15) is 5.26 Å². The van der Waals surface area contributed by atoms with Crippen LogP contribution in [0.1, 0.15) is 17.5 Å². The Balaban J connectivity index is 1.59. The highest BCUT2D eigenvalue weighted by Gasteiger charge is 2.56. The molecule has 1 aliphatic carbocycles. The number of ether oxygens (including phenoxy) is 1. The summed E-state index contributed by atoms with van der Waals surface area (Å²) in [5.74, 6) is 0.299. The summed E-state index contributed by atoms with van der Waals surface area (Å²) in [4.78, 5) is 0. The molecule has 2 atom stereocenters. The largest absolute Gasteiger partial charge is 0.376 e. The van der Waals surface area contributed by atoms with E-state index in [0.29, 0.717) is 19.1 Å². The third-order valence-corrected chi connectivity index (χ3v) is 4.62. The van der Waals surface area contributed by atoms with Crippen LogP contribution in [-0.2, 0) is 16.8 Å². The maximum absolute atomic E-state index is 9.55. The van der Waals surface area contributed by atoms with Gasteiger partial charge in [-0.2, -0.15) is 5.26 Å². The molecule has 0 bridgehead atoms. The molecule has 0 saturated heterocycles. The van der Waals surface area contributed by atoms with Gasteiger partial charge in [0.1, 0.15) is 0 Å². The molecule has 0 heterocycles. The summed E-state index contributed by atoms with van der Waals surface area (Å²) in [6.07, 6.45) is 0.889. The standard InChI is InChI=1S/C18H16BrNO/c19-17-8-6-15(7-9-17)18(13-20)10-16(18)12-21-11-14-4-2-1-3-5-14/h1-9,16H,10-12H2/t16-,18+/m1/s1. The Morgan fingerprint density at radius 3 is 2.52 bits per heavy atom. The molecular formula is C18H16BrNO. The zero-order valence-corrected chi connectivity index (χ0v) is 13.2. The molecule has 0 spiro atoms. The van der Waals surface area contributed by atoms with Crippen LogP contribution in [-0.4, -0.2) is 6.61 Å². The van der Waals surface area contributed by atoms with Crippen LogP contribution < -0.4 is 0 Å². The van der Waals surface area contributed by atoms with E-state index in [1.165, 1.54) is 5.56 Å². The number of nitriles is 1. The fourth-order valence-electron chi connectivity index (χ4n) is 2.73. The molecule has 1 saturated carbocycles. The van der Waals surface area contributed by atoms with Crippen molar-refractivity contribution in [1.82, 2.24) is 0 Å². The van der Waals surface area contributed by atoms with Gasteiger partial charge in [-0.15, -0.1) is 0 Å². The Bertz CT molecular complexity index is 647. The van der Waals surface area contributed by atoms with Crippen LogP contribution in [0.2, 0.25) is 0 Å². The van der Waals surface area contributed by atoms with Gasteiger partial charge in [-0.3, -0.25) is 0 Å². The van der Waals surface area contributed by atoms with Gasteiger partial charge in [0.05, 0.1) is 24.7 Å². The minimum absolute atomic E-state index is 0.299. The Morgan fingerprint density at radius 1 is 1.14 bits per heavy atom. The van der Waals surface area contributed by atoms with Crippen LogP contribution in [0.25, 0.3) is 0 Å². The average molecular weight is 342 g/mol. The molecule has 0 aliphatic heterocycles. The lowest BCUT2D eigenvalue weighted by atomic mass is 9.95. The van der Waals surface area contributed by atoms with Crippen molar-refractivity contribution in [2.45, 2.75) is 18.4 Å². The summed E-state index contributed by atoms with van der Waals surface area (Å²) < 4.78 is 6.82. The molecule has 1 fully saturated rings. The van der Waals surface area contributed by atoms with E-state index >= 15 is 0 Å². The topological polar surface area (TPSA) is 33.0 Å². The van der Waals surface area contributed by atoms with Crippen molar-refractivity contribution in [2.24, 2.45) is 5.92 Å². The summed E-state index contributed by atoms with van der Waals surface area (Å²) >= 11 is 3.43. The van der Waals surface area contributed by atoms with Gasteiger partial charge in [0.2, 0.25) is 0 Å². The molecule has 0 radical (unpaired) electrons. The van der Waals surface area contributed by atoms with Crippen LogP contribution in [0.4, 0.5) is 0 Å². The highest BCUT2D eigenvalue weighted by Crippen LogP contribution is 2.54. The summed E-state index contributed by atoms with van der Waals surface area (Å²) in [7, 11) is 0. The molecule has 106 valence electrons.